The SMILES string of the molecule is CCN(Cc1ccccc1)C(=O)CSc1nnc(-c2cccc(C)c2)n1CCOC. The molecule has 1 aromatic heterocycles. The highest BCUT2D eigenvalue weighted by molar-refractivity contribution is 7.99. The molecule has 0 bridgehead atoms. The van der Waals surface area contributed by atoms with Crippen LogP contribution in [0.3, 0.4) is 0 Å². The van der Waals surface area contributed by atoms with Crippen LogP contribution in [-0.4, -0.2) is 51.6 Å². The summed E-state index contributed by atoms with van der Waals surface area (Å²) in [5.74, 6) is 1.20. The largest absolute Gasteiger partial charge is 0.383 e. The van der Waals surface area contributed by atoms with Crippen LogP contribution < -0.4 is 0 Å². The Balaban J connectivity index is 1.73. The van der Waals surface area contributed by atoms with Gasteiger partial charge in [-0.25, -0.2) is 0 Å². The van der Waals surface area contributed by atoms with E-state index in [-0.39, 0.29) is 5.91 Å². The summed E-state index contributed by atoms with van der Waals surface area (Å²) in [6.07, 6.45) is 0. The van der Waals surface area contributed by atoms with Gasteiger partial charge < -0.3 is 9.64 Å². The minimum atomic E-state index is 0.0877. The highest BCUT2D eigenvalue weighted by atomic mass is 32.2. The number of aromatic nitrogens is 3. The number of carbonyl (C=O) groups excluding carboxylic acids is 1. The third-order valence-corrected chi connectivity index (χ3v) is 5.74. The third kappa shape index (κ3) is 5.70. The quantitative estimate of drug-likeness (QED) is 0.460. The van der Waals surface area contributed by atoms with Crippen molar-refractivity contribution in [3.8, 4) is 11.4 Å². The van der Waals surface area contributed by atoms with Gasteiger partial charge in [0.05, 0.1) is 18.9 Å². The zero-order valence-electron chi connectivity index (χ0n) is 17.7. The summed E-state index contributed by atoms with van der Waals surface area (Å²) in [6, 6.07) is 18.2. The fraction of sp³-hybridized carbons (Fsp3) is 0.348. The molecule has 30 heavy (non-hydrogen) atoms. The Hall–Kier alpha value is -2.64. The monoisotopic (exact) mass is 424 g/mol. The van der Waals surface area contributed by atoms with Crippen molar-refractivity contribution in [1.82, 2.24) is 19.7 Å². The molecule has 1 amide bonds. The summed E-state index contributed by atoms with van der Waals surface area (Å²) >= 11 is 1.42. The molecule has 3 rings (SSSR count). The van der Waals surface area contributed by atoms with E-state index in [9.17, 15) is 4.79 Å². The van der Waals surface area contributed by atoms with Crippen molar-refractivity contribution in [2.45, 2.75) is 32.1 Å². The standard InChI is InChI=1S/C23H28N4O2S/c1-4-26(16-19-10-6-5-7-11-19)21(28)17-30-23-25-24-22(27(23)13-14-29-3)20-12-8-9-18(2)15-20/h5-12,15H,4,13-14,16-17H2,1-3H3. The van der Waals surface area contributed by atoms with Gasteiger partial charge in [0.15, 0.2) is 11.0 Å². The van der Waals surface area contributed by atoms with Gasteiger partial charge in [0.25, 0.3) is 0 Å². The molecule has 7 heteroatoms. The van der Waals surface area contributed by atoms with Crippen LogP contribution in [0.15, 0.2) is 59.8 Å². The normalized spacial score (nSPS) is 10.9. The minimum absolute atomic E-state index is 0.0877. The fourth-order valence-corrected chi connectivity index (χ4v) is 4.04. The van der Waals surface area contributed by atoms with Gasteiger partial charge in [-0.3, -0.25) is 9.36 Å². The Morgan fingerprint density at radius 2 is 1.93 bits per heavy atom. The Bertz CT molecular complexity index is 959. The number of nitrogens with zero attached hydrogens (tertiary/aromatic N) is 4. The number of hydrogen-bond acceptors (Lipinski definition) is 5. The molecular formula is C23H28N4O2S. The molecule has 0 aliphatic carbocycles. The Morgan fingerprint density at radius 3 is 2.63 bits per heavy atom. The zero-order valence-corrected chi connectivity index (χ0v) is 18.6. The highest BCUT2D eigenvalue weighted by Gasteiger charge is 2.18. The second kappa shape index (κ2) is 10.9. The van der Waals surface area contributed by atoms with E-state index in [1.165, 1.54) is 11.8 Å². The number of rotatable bonds is 10. The minimum Gasteiger partial charge on any atom is -0.383 e. The number of benzene rings is 2. The van der Waals surface area contributed by atoms with Crippen molar-refractivity contribution in [2.75, 3.05) is 26.0 Å². The molecular weight excluding hydrogens is 396 g/mol. The summed E-state index contributed by atoms with van der Waals surface area (Å²) in [7, 11) is 1.68. The highest BCUT2D eigenvalue weighted by Crippen LogP contribution is 2.25. The van der Waals surface area contributed by atoms with Crippen LogP contribution in [0, 0.1) is 6.92 Å². The molecule has 0 unspecified atom stereocenters. The summed E-state index contributed by atoms with van der Waals surface area (Å²) in [5, 5.41) is 9.50. The molecule has 0 aliphatic heterocycles. The molecule has 2 aromatic carbocycles. The van der Waals surface area contributed by atoms with Crippen LogP contribution in [0.25, 0.3) is 11.4 Å². The first kappa shape index (κ1) is 22.1. The zero-order chi connectivity index (χ0) is 21.3. The van der Waals surface area contributed by atoms with Crippen molar-refractivity contribution < 1.29 is 9.53 Å². The van der Waals surface area contributed by atoms with Crippen molar-refractivity contribution in [3.05, 3.63) is 65.7 Å². The Labute approximate surface area is 182 Å². The van der Waals surface area contributed by atoms with Crippen LogP contribution in [0.4, 0.5) is 0 Å². The second-order valence-electron chi connectivity index (χ2n) is 7.00. The lowest BCUT2D eigenvalue weighted by molar-refractivity contribution is -0.128. The predicted molar refractivity (Wildman–Crippen MR) is 120 cm³/mol. The maximum Gasteiger partial charge on any atom is 0.233 e. The molecule has 0 aliphatic rings. The maximum absolute atomic E-state index is 12.8. The molecule has 0 atom stereocenters. The van der Waals surface area contributed by atoms with Crippen molar-refractivity contribution in [1.29, 1.82) is 0 Å². The first-order valence-electron chi connectivity index (χ1n) is 10.1. The third-order valence-electron chi connectivity index (χ3n) is 4.79. The first-order chi connectivity index (χ1) is 14.6. The average molecular weight is 425 g/mol. The lowest BCUT2D eigenvalue weighted by atomic mass is 10.1. The summed E-state index contributed by atoms with van der Waals surface area (Å²) in [5.41, 5.74) is 3.30. The Kier molecular flexibility index (Phi) is 8.04. The van der Waals surface area contributed by atoms with Crippen LogP contribution in [0.2, 0.25) is 0 Å². The number of carbonyl (C=O) groups is 1. The van der Waals surface area contributed by atoms with E-state index in [0.29, 0.717) is 32.0 Å². The first-order valence-corrected chi connectivity index (χ1v) is 11.0. The van der Waals surface area contributed by atoms with Gasteiger partial charge in [-0.05, 0) is 25.5 Å². The number of amides is 1. The number of ether oxygens (including phenoxy) is 1. The van der Waals surface area contributed by atoms with Crippen LogP contribution >= 0.6 is 11.8 Å². The molecule has 0 N–H and O–H groups in total. The summed E-state index contributed by atoms with van der Waals surface area (Å²) in [4.78, 5) is 14.7. The molecule has 6 nitrogen and oxygen atoms in total. The number of hydrogen-bond donors (Lipinski definition) is 0. The van der Waals surface area contributed by atoms with Gasteiger partial charge >= 0.3 is 0 Å². The van der Waals surface area contributed by atoms with Gasteiger partial charge in [0.1, 0.15) is 0 Å². The van der Waals surface area contributed by atoms with E-state index in [1.807, 2.05) is 58.9 Å². The summed E-state index contributed by atoms with van der Waals surface area (Å²) in [6.45, 7) is 6.52. The van der Waals surface area contributed by atoms with Gasteiger partial charge in [0.2, 0.25) is 5.91 Å². The van der Waals surface area contributed by atoms with Crippen molar-refractivity contribution >= 4 is 17.7 Å². The lowest BCUT2D eigenvalue weighted by Crippen LogP contribution is -2.31. The molecule has 0 spiro atoms. The number of thioether (sulfide) groups is 1. The second-order valence-corrected chi connectivity index (χ2v) is 7.94. The Morgan fingerprint density at radius 1 is 1.13 bits per heavy atom. The summed E-state index contributed by atoms with van der Waals surface area (Å²) < 4.78 is 7.30. The molecule has 1 heterocycles. The number of methoxy groups -OCH3 is 1. The molecule has 0 saturated carbocycles. The van der Waals surface area contributed by atoms with E-state index in [0.717, 1.165) is 27.7 Å². The van der Waals surface area contributed by atoms with Crippen molar-refractivity contribution in [3.63, 3.8) is 0 Å². The van der Waals surface area contributed by atoms with Crippen LogP contribution in [-0.2, 0) is 22.6 Å². The number of aryl methyl sites for hydroxylation is 1. The topological polar surface area (TPSA) is 60.2 Å². The smallest absolute Gasteiger partial charge is 0.233 e. The van der Waals surface area contributed by atoms with Gasteiger partial charge in [-0.1, -0.05) is 65.9 Å². The maximum atomic E-state index is 12.8. The average Bonchev–Trinajstić information content (AvgIpc) is 3.17. The van der Waals surface area contributed by atoms with Crippen LogP contribution in [0.5, 0.6) is 0 Å². The fourth-order valence-electron chi connectivity index (χ4n) is 3.18. The molecule has 0 fully saturated rings. The van der Waals surface area contributed by atoms with Gasteiger partial charge in [-0.15, -0.1) is 10.2 Å². The molecule has 3 aromatic rings. The van der Waals surface area contributed by atoms with E-state index in [2.05, 4.69) is 29.3 Å². The van der Waals surface area contributed by atoms with E-state index in [1.54, 1.807) is 7.11 Å². The van der Waals surface area contributed by atoms with Crippen molar-refractivity contribution in [2.24, 2.45) is 0 Å². The lowest BCUT2D eigenvalue weighted by Gasteiger charge is -2.21. The van der Waals surface area contributed by atoms with Gasteiger partial charge in [-0.2, -0.15) is 0 Å². The van der Waals surface area contributed by atoms with Gasteiger partial charge in [0, 0.05) is 25.8 Å². The van der Waals surface area contributed by atoms with E-state index in [4.69, 9.17) is 4.74 Å². The molecule has 0 radical (unpaired) electrons. The molecule has 0 saturated heterocycles. The van der Waals surface area contributed by atoms with E-state index >= 15 is 0 Å². The van der Waals surface area contributed by atoms with E-state index < -0.39 is 0 Å². The van der Waals surface area contributed by atoms with Crippen LogP contribution in [0.1, 0.15) is 18.1 Å². The molecule has 158 valence electrons. The predicted octanol–water partition coefficient (Wildman–Crippen LogP) is 4.04.